The summed E-state index contributed by atoms with van der Waals surface area (Å²) in [6.07, 6.45) is 0. The van der Waals surface area contributed by atoms with Crippen molar-refractivity contribution in [2.45, 2.75) is 6.92 Å². The minimum absolute atomic E-state index is 0.0520. The molecule has 0 aliphatic rings. The van der Waals surface area contributed by atoms with E-state index in [-0.39, 0.29) is 18.3 Å². The van der Waals surface area contributed by atoms with Crippen LogP contribution in [-0.4, -0.2) is 30.3 Å². The fraction of sp³-hybridized carbons (Fsp3) is 0.375. The molecule has 0 aromatic carbocycles. The Bertz CT molecular complexity index is 306. The first kappa shape index (κ1) is 14.2. The van der Waals surface area contributed by atoms with Crippen molar-refractivity contribution in [1.29, 1.82) is 0 Å². The van der Waals surface area contributed by atoms with E-state index in [1.165, 1.54) is 6.92 Å². The van der Waals surface area contributed by atoms with Crippen molar-refractivity contribution < 1.29 is 14.3 Å². The highest BCUT2D eigenvalue weighted by Crippen LogP contribution is 1.90. The Morgan fingerprint density at radius 2 is 2.06 bits per heavy atom. The molecule has 8 heteroatoms. The average Bonchev–Trinajstić information content (AvgIpc) is 2.20. The van der Waals surface area contributed by atoms with Gasteiger partial charge in [0.25, 0.3) is 0 Å². The van der Waals surface area contributed by atoms with Crippen LogP contribution >= 0.6 is 12.2 Å². The van der Waals surface area contributed by atoms with Crippen LogP contribution in [0.15, 0.2) is 12.2 Å². The molecule has 90 valence electrons. The molecule has 0 saturated carbocycles. The van der Waals surface area contributed by atoms with E-state index in [1.807, 2.05) is 0 Å². The number of nitrogens with two attached hydrogens (primary N) is 1. The predicted molar refractivity (Wildman–Crippen MR) is 62.2 cm³/mol. The smallest absolute Gasteiger partial charge is 0.333 e. The maximum atomic E-state index is 11.0. The Balaban J connectivity index is 3.52. The summed E-state index contributed by atoms with van der Waals surface area (Å²) in [5.74, 6) is -0.497. The number of rotatable bonds is 4. The minimum Gasteiger partial charge on any atom is -0.460 e. The van der Waals surface area contributed by atoms with E-state index < -0.39 is 12.0 Å². The Kier molecular flexibility index (Phi) is 6.61. The summed E-state index contributed by atoms with van der Waals surface area (Å²) in [7, 11) is 0. The molecule has 0 unspecified atom stereocenters. The van der Waals surface area contributed by atoms with E-state index in [0.717, 1.165) is 0 Å². The molecule has 0 aromatic heterocycles. The zero-order chi connectivity index (χ0) is 12.6. The van der Waals surface area contributed by atoms with Gasteiger partial charge in [-0.1, -0.05) is 6.58 Å². The molecule has 0 rings (SSSR count). The highest BCUT2D eigenvalue weighted by atomic mass is 32.1. The third kappa shape index (κ3) is 7.56. The lowest BCUT2D eigenvalue weighted by molar-refractivity contribution is -0.138. The lowest BCUT2D eigenvalue weighted by Crippen LogP contribution is -2.49. The largest absolute Gasteiger partial charge is 0.460 e. The van der Waals surface area contributed by atoms with Crippen LogP contribution in [0.3, 0.4) is 0 Å². The first-order chi connectivity index (χ1) is 7.43. The van der Waals surface area contributed by atoms with E-state index in [1.54, 1.807) is 0 Å². The number of hydrogen-bond acceptors (Lipinski definition) is 4. The van der Waals surface area contributed by atoms with Crippen LogP contribution in [0.2, 0.25) is 0 Å². The zero-order valence-corrected chi connectivity index (χ0v) is 9.65. The molecule has 7 nitrogen and oxygen atoms in total. The molecule has 0 aliphatic heterocycles. The number of nitrogens with one attached hydrogen (secondary N) is 3. The molecule has 0 saturated heterocycles. The van der Waals surface area contributed by atoms with Crippen molar-refractivity contribution in [2.75, 3.05) is 13.2 Å². The molecule has 0 aliphatic carbocycles. The Labute approximate surface area is 98.4 Å². The third-order valence-electron chi connectivity index (χ3n) is 1.27. The number of hydrogen-bond donors (Lipinski definition) is 4. The summed E-state index contributed by atoms with van der Waals surface area (Å²) in [6.45, 7) is 5.17. The van der Waals surface area contributed by atoms with Gasteiger partial charge >= 0.3 is 12.0 Å². The zero-order valence-electron chi connectivity index (χ0n) is 8.83. The standard InChI is InChI=1S/C8H14N4O3S/c1-5(2)6(13)15-4-3-10-8(14)12-11-7(9)16/h1,3-4H2,2H3,(H3,9,11,16)(H2,10,12,14). The number of thiocarbonyl (C=S) groups is 1. The Hall–Kier alpha value is -1.83. The summed E-state index contributed by atoms with van der Waals surface area (Å²) < 4.78 is 4.73. The quantitative estimate of drug-likeness (QED) is 0.169. The predicted octanol–water partition coefficient (Wildman–Crippen LogP) is -0.847. The number of carbonyl (C=O) groups excluding carboxylic acids is 2. The summed E-state index contributed by atoms with van der Waals surface area (Å²) >= 11 is 4.46. The molecule has 2 amide bonds. The number of urea groups is 1. The summed E-state index contributed by atoms with van der Waals surface area (Å²) in [5, 5.41) is 2.35. The van der Waals surface area contributed by atoms with Gasteiger partial charge in [0.2, 0.25) is 0 Å². The topological polar surface area (TPSA) is 105 Å². The van der Waals surface area contributed by atoms with Crippen molar-refractivity contribution in [1.82, 2.24) is 16.2 Å². The van der Waals surface area contributed by atoms with Crippen LogP contribution < -0.4 is 21.9 Å². The first-order valence-corrected chi connectivity index (χ1v) is 4.76. The van der Waals surface area contributed by atoms with E-state index in [2.05, 4.69) is 35.0 Å². The molecule has 0 radical (unpaired) electrons. The van der Waals surface area contributed by atoms with E-state index in [4.69, 9.17) is 10.5 Å². The molecular weight excluding hydrogens is 232 g/mol. The van der Waals surface area contributed by atoms with Crippen LogP contribution in [-0.2, 0) is 9.53 Å². The summed E-state index contributed by atoms with van der Waals surface area (Å²) in [6, 6.07) is -0.529. The normalized spacial score (nSPS) is 8.81. The van der Waals surface area contributed by atoms with Gasteiger partial charge in [0.1, 0.15) is 6.61 Å². The minimum atomic E-state index is -0.529. The number of ether oxygens (including phenoxy) is 1. The van der Waals surface area contributed by atoms with E-state index in [9.17, 15) is 9.59 Å². The fourth-order valence-corrected chi connectivity index (χ4v) is 0.645. The van der Waals surface area contributed by atoms with Gasteiger partial charge in [-0.3, -0.25) is 5.43 Å². The van der Waals surface area contributed by atoms with Crippen molar-refractivity contribution >= 4 is 29.3 Å². The Morgan fingerprint density at radius 1 is 1.44 bits per heavy atom. The SMILES string of the molecule is C=C(C)C(=O)OCCNC(=O)NNC(N)=S. The molecule has 0 fully saturated rings. The maximum Gasteiger partial charge on any atom is 0.333 e. The first-order valence-electron chi connectivity index (χ1n) is 4.35. The summed E-state index contributed by atoms with van der Waals surface area (Å²) in [4.78, 5) is 21.9. The molecule has 0 bridgehead atoms. The molecule has 0 aromatic rings. The summed E-state index contributed by atoms with van der Waals surface area (Å²) in [5.41, 5.74) is 9.78. The van der Waals surface area contributed by atoms with Crippen molar-refractivity contribution in [2.24, 2.45) is 5.73 Å². The molecule has 16 heavy (non-hydrogen) atoms. The molecule has 0 atom stereocenters. The van der Waals surface area contributed by atoms with Gasteiger partial charge in [-0.15, -0.1) is 0 Å². The van der Waals surface area contributed by atoms with Gasteiger partial charge in [-0.25, -0.2) is 15.0 Å². The van der Waals surface area contributed by atoms with E-state index in [0.29, 0.717) is 5.57 Å². The molecule has 5 N–H and O–H groups in total. The Morgan fingerprint density at radius 3 is 2.56 bits per heavy atom. The van der Waals surface area contributed by atoms with Crippen LogP contribution in [0.1, 0.15) is 6.92 Å². The maximum absolute atomic E-state index is 11.0. The number of amides is 2. The second kappa shape index (κ2) is 7.46. The molecular formula is C8H14N4O3S. The van der Waals surface area contributed by atoms with Crippen molar-refractivity contribution in [3.05, 3.63) is 12.2 Å². The number of carbonyl (C=O) groups is 2. The van der Waals surface area contributed by atoms with Crippen LogP contribution in [0, 0.1) is 0 Å². The third-order valence-corrected chi connectivity index (χ3v) is 1.37. The van der Waals surface area contributed by atoms with Crippen LogP contribution in [0.25, 0.3) is 0 Å². The molecule has 0 spiro atoms. The lowest BCUT2D eigenvalue weighted by atomic mass is 10.4. The second-order valence-corrected chi connectivity index (χ2v) is 3.23. The number of esters is 1. The van der Waals surface area contributed by atoms with Crippen molar-refractivity contribution in [3.8, 4) is 0 Å². The van der Waals surface area contributed by atoms with Gasteiger partial charge in [0.05, 0.1) is 6.54 Å². The highest BCUT2D eigenvalue weighted by Gasteiger charge is 2.03. The molecule has 0 heterocycles. The van der Waals surface area contributed by atoms with E-state index >= 15 is 0 Å². The van der Waals surface area contributed by atoms with Crippen LogP contribution in [0.4, 0.5) is 4.79 Å². The van der Waals surface area contributed by atoms with Crippen LogP contribution in [0.5, 0.6) is 0 Å². The average molecular weight is 246 g/mol. The van der Waals surface area contributed by atoms with Gasteiger partial charge in [-0.05, 0) is 19.1 Å². The monoisotopic (exact) mass is 246 g/mol. The van der Waals surface area contributed by atoms with Gasteiger partial charge in [-0.2, -0.15) is 0 Å². The van der Waals surface area contributed by atoms with Gasteiger partial charge in [0.15, 0.2) is 5.11 Å². The fourth-order valence-electron chi connectivity index (χ4n) is 0.594. The second-order valence-electron chi connectivity index (χ2n) is 2.79. The number of hydrazine groups is 1. The van der Waals surface area contributed by atoms with Gasteiger partial charge in [0, 0.05) is 5.57 Å². The highest BCUT2D eigenvalue weighted by molar-refractivity contribution is 7.80. The van der Waals surface area contributed by atoms with Crippen molar-refractivity contribution in [3.63, 3.8) is 0 Å². The lowest BCUT2D eigenvalue weighted by Gasteiger charge is -2.08. The van der Waals surface area contributed by atoms with Gasteiger partial charge < -0.3 is 15.8 Å².